The summed E-state index contributed by atoms with van der Waals surface area (Å²) in [6.45, 7) is 3.97. The minimum absolute atomic E-state index is 0.231. The SMILES string of the molecule is CNC(=O)[C@@H](CC(C)C)NC(=O)c1csc(-c2ccc(F)cc2)n1. The number of likely N-dealkylation sites (N-methyl/N-ethyl adjacent to an activating group) is 1. The summed E-state index contributed by atoms with van der Waals surface area (Å²) in [5, 5.41) is 7.53. The summed E-state index contributed by atoms with van der Waals surface area (Å²) >= 11 is 1.30. The van der Waals surface area contributed by atoms with Gasteiger partial charge in [-0.2, -0.15) is 0 Å². The van der Waals surface area contributed by atoms with E-state index in [1.165, 1.54) is 30.5 Å². The number of benzene rings is 1. The zero-order valence-corrected chi connectivity index (χ0v) is 14.6. The first kappa shape index (κ1) is 18.1. The van der Waals surface area contributed by atoms with Gasteiger partial charge in [0.05, 0.1) is 0 Å². The van der Waals surface area contributed by atoms with Gasteiger partial charge in [0.15, 0.2) is 0 Å². The maximum absolute atomic E-state index is 13.0. The normalized spacial score (nSPS) is 12.0. The van der Waals surface area contributed by atoms with Crippen LogP contribution in [0.1, 0.15) is 30.8 Å². The molecule has 0 unspecified atom stereocenters. The molecule has 0 aliphatic carbocycles. The number of nitrogens with zero attached hydrogens (tertiary/aromatic N) is 1. The summed E-state index contributed by atoms with van der Waals surface area (Å²) < 4.78 is 13.0. The van der Waals surface area contributed by atoms with Gasteiger partial charge in [-0.25, -0.2) is 9.37 Å². The molecule has 2 amide bonds. The number of nitrogens with one attached hydrogen (secondary N) is 2. The molecule has 1 heterocycles. The van der Waals surface area contributed by atoms with E-state index in [4.69, 9.17) is 0 Å². The molecule has 0 spiro atoms. The van der Waals surface area contributed by atoms with Crippen LogP contribution in [0.25, 0.3) is 10.6 Å². The first-order chi connectivity index (χ1) is 11.4. The van der Waals surface area contributed by atoms with Crippen LogP contribution < -0.4 is 10.6 Å². The van der Waals surface area contributed by atoms with Crippen LogP contribution in [0.4, 0.5) is 4.39 Å². The van der Waals surface area contributed by atoms with Crippen molar-refractivity contribution in [1.29, 1.82) is 0 Å². The van der Waals surface area contributed by atoms with Crippen LogP contribution in [-0.2, 0) is 4.79 Å². The highest BCUT2D eigenvalue weighted by molar-refractivity contribution is 7.13. The molecule has 2 N–H and O–H groups in total. The van der Waals surface area contributed by atoms with Crippen LogP contribution in [0.2, 0.25) is 0 Å². The summed E-state index contributed by atoms with van der Waals surface area (Å²) in [4.78, 5) is 28.5. The third kappa shape index (κ3) is 4.61. The lowest BCUT2D eigenvalue weighted by Crippen LogP contribution is -2.46. The Morgan fingerprint density at radius 3 is 2.50 bits per heavy atom. The number of thiazole rings is 1. The van der Waals surface area contributed by atoms with E-state index in [-0.39, 0.29) is 23.3 Å². The van der Waals surface area contributed by atoms with Crippen molar-refractivity contribution in [2.24, 2.45) is 5.92 Å². The van der Waals surface area contributed by atoms with E-state index in [0.717, 1.165) is 5.56 Å². The van der Waals surface area contributed by atoms with Crippen molar-refractivity contribution in [3.8, 4) is 10.6 Å². The van der Waals surface area contributed by atoms with Crippen LogP contribution in [0.5, 0.6) is 0 Å². The summed E-state index contributed by atoms with van der Waals surface area (Å²) in [6, 6.07) is 5.32. The lowest BCUT2D eigenvalue weighted by Gasteiger charge is -2.18. The van der Waals surface area contributed by atoms with Gasteiger partial charge in [0, 0.05) is 18.0 Å². The Balaban J connectivity index is 2.12. The smallest absolute Gasteiger partial charge is 0.271 e. The first-order valence-electron chi connectivity index (χ1n) is 7.64. The number of hydrogen-bond acceptors (Lipinski definition) is 4. The Labute approximate surface area is 144 Å². The molecule has 0 bridgehead atoms. The summed E-state index contributed by atoms with van der Waals surface area (Å²) in [5.41, 5.74) is 0.988. The van der Waals surface area contributed by atoms with Crippen molar-refractivity contribution < 1.29 is 14.0 Å². The van der Waals surface area contributed by atoms with Crippen molar-refractivity contribution >= 4 is 23.2 Å². The van der Waals surface area contributed by atoms with Gasteiger partial charge in [0.25, 0.3) is 5.91 Å². The van der Waals surface area contributed by atoms with E-state index >= 15 is 0 Å². The van der Waals surface area contributed by atoms with Crippen molar-refractivity contribution in [3.63, 3.8) is 0 Å². The zero-order valence-electron chi connectivity index (χ0n) is 13.8. The molecule has 1 aromatic carbocycles. The van der Waals surface area contributed by atoms with Gasteiger partial charge in [-0.1, -0.05) is 13.8 Å². The second-order valence-corrected chi connectivity index (χ2v) is 6.67. The Kier molecular flexibility index (Phi) is 6.03. The Morgan fingerprint density at radius 2 is 1.92 bits per heavy atom. The van der Waals surface area contributed by atoms with Crippen molar-refractivity contribution in [3.05, 3.63) is 41.2 Å². The Hall–Kier alpha value is -2.28. The van der Waals surface area contributed by atoms with E-state index < -0.39 is 11.9 Å². The zero-order chi connectivity index (χ0) is 17.7. The highest BCUT2D eigenvalue weighted by Gasteiger charge is 2.22. The third-order valence-corrected chi connectivity index (χ3v) is 4.29. The largest absolute Gasteiger partial charge is 0.357 e. The fourth-order valence-corrected chi connectivity index (χ4v) is 3.02. The third-order valence-electron chi connectivity index (χ3n) is 3.40. The predicted octanol–water partition coefficient (Wildman–Crippen LogP) is 2.84. The van der Waals surface area contributed by atoms with Crippen LogP contribution in [0.15, 0.2) is 29.6 Å². The summed E-state index contributed by atoms with van der Waals surface area (Å²) in [6.07, 6.45) is 0.542. The molecule has 7 heteroatoms. The van der Waals surface area contributed by atoms with E-state index in [9.17, 15) is 14.0 Å². The molecule has 2 rings (SSSR count). The number of aromatic nitrogens is 1. The summed E-state index contributed by atoms with van der Waals surface area (Å²) in [7, 11) is 1.54. The van der Waals surface area contributed by atoms with E-state index in [1.807, 2.05) is 13.8 Å². The molecule has 0 saturated heterocycles. The number of hydrogen-bond donors (Lipinski definition) is 2. The Morgan fingerprint density at radius 1 is 1.25 bits per heavy atom. The number of carbonyl (C=O) groups excluding carboxylic acids is 2. The van der Waals surface area contributed by atoms with Gasteiger partial charge in [-0.05, 0) is 36.6 Å². The minimum Gasteiger partial charge on any atom is -0.357 e. The maximum Gasteiger partial charge on any atom is 0.271 e. The molecular weight excluding hydrogens is 329 g/mol. The van der Waals surface area contributed by atoms with Gasteiger partial charge >= 0.3 is 0 Å². The molecule has 2 aromatic rings. The van der Waals surface area contributed by atoms with Crippen molar-refractivity contribution in [2.75, 3.05) is 7.05 Å². The number of amides is 2. The lowest BCUT2D eigenvalue weighted by molar-refractivity contribution is -0.122. The van der Waals surface area contributed by atoms with Gasteiger partial charge < -0.3 is 10.6 Å². The number of halogens is 1. The second kappa shape index (κ2) is 8.01. The number of carbonyl (C=O) groups is 2. The molecule has 1 atom stereocenters. The lowest BCUT2D eigenvalue weighted by atomic mass is 10.0. The summed E-state index contributed by atoms with van der Waals surface area (Å²) in [5.74, 6) is -0.687. The molecular formula is C17H20FN3O2S. The molecule has 0 radical (unpaired) electrons. The van der Waals surface area contributed by atoms with Crippen LogP contribution >= 0.6 is 11.3 Å². The predicted molar refractivity (Wildman–Crippen MR) is 92.3 cm³/mol. The average molecular weight is 349 g/mol. The fraction of sp³-hybridized carbons (Fsp3) is 0.353. The van der Waals surface area contributed by atoms with Gasteiger partial charge in [-0.15, -0.1) is 11.3 Å². The standard InChI is InChI=1S/C17H20FN3O2S/c1-10(2)8-13(15(22)19-3)20-16(23)14-9-24-17(21-14)11-4-6-12(18)7-5-11/h4-7,9-10,13H,8H2,1-3H3,(H,19,22)(H,20,23)/t13-/m1/s1. The van der Waals surface area contributed by atoms with Crippen molar-refractivity contribution in [1.82, 2.24) is 15.6 Å². The molecule has 24 heavy (non-hydrogen) atoms. The van der Waals surface area contributed by atoms with Crippen LogP contribution in [0.3, 0.4) is 0 Å². The molecule has 0 aliphatic heterocycles. The molecule has 0 fully saturated rings. The molecule has 128 valence electrons. The van der Waals surface area contributed by atoms with Gasteiger partial charge in [0.2, 0.25) is 5.91 Å². The molecule has 0 aliphatic rings. The fourth-order valence-electron chi connectivity index (χ4n) is 2.21. The Bertz CT molecular complexity index is 713. The van der Waals surface area contributed by atoms with Crippen LogP contribution in [-0.4, -0.2) is 29.9 Å². The molecule has 1 aromatic heterocycles. The molecule has 5 nitrogen and oxygen atoms in total. The van der Waals surface area contributed by atoms with E-state index in [2.05, 4.69) is 15.6 Å². The highest BCUT2D eigenvalue weighted by Crippen LogP contribution is 2.24. The van der Waals surface area contributed by atoms with E-state index in [1.54, 1.807) is 17.5 Å². The minimum atomic E-state index is -0.599. The highest BCUT2D eigenvalue weighted by atomic mass is 32.1. The maximum atomic E-state index is 13.0. The monoisotopic (exact) mass is 349 g/mol. The van der Waals surface area contributed by atoms with Gasteiger partial charge in [0.1, 0.15) is 22.6 Å². The van der Waals surface area contributed by atoms with Crippen molar-refractivity contribution in [2.45, 2.75) is 26.3 Å². The first-order valence-corrected chi connectivity index (χ1v) is 8.52. The topological polar surface area (TPSA) is 71.1 Å². The number of rotatable bonds is 6. The van der Waals surface area contributed by atoms with Gasteiger partial charge in [-0.3, -0.25) is 9.59 Å². The quantitative estimate of drug-likeness (QED) is 0.842. The van der Waals surface area contributed by atoms with Crippen LogP contribution in [0, 0.1) is 11.7 Å². The van der Waals surface area contributed by atoms with E-state index in [0.29, 0.717) is 11.4 Å². The molecule has 0 saturated carbocycles. The second-order valence-electron chi connectivity index (χ2n) is 5.81. The average Bonchev–Trinajstić information content (AvgIpc) is 3.03.